The number of rotatable bonds is 8. The lowest BCUT2D eigenvalue weighted by Crippen LogP contribution is -2.44. The molecule has 1 aliphatic heterocycles. The summed E-state index contributed by atoms with van der Waals surface area (Å²) in [5, 5.41) is 2.73. The van der Waals surface area contributed by atoms with Crippen molar-refractivity contribution in [2.24, 2.45) is 0 Å². The van der Waals surface area contributed by atoms with Gasteiger partial charge in [-0.25, -0.2) is 4.79 Å². The summed E-state index contributed by atoms with van der Waals surface area (Å²) in [5.74, 6) is -2.29. The predicted octanol–water partition coefficient (Wildman–Crippen LogP) is 3.61. The number of pyridine rings is 1. The van der Waals surface area contributed by atoms with E-state index in [9.17, 15) is 27.6 Å². The van der Waals surface area contributed by atoms with E-state index < -0.39 is 35.4 Å². The van der Waals surface area contributed by atoms with Crippen LogP contribution in [0.4, 0.5) is 13.2 Å². The Bertz CT molecular complexity index is 1100. The van der Waals surface area contributed by atoms with Crippen LogP contribution in [-0.2, 0) is 31.7 Å². The van der Waals surface area contributed by atoms with Crippen molar-refractivity contribution >= 4 is 17.8 Å². The first-order chi connectivity index (χ1) is 16.6. The van der Waals surface area contributed by atoms with E-state index in [1.54, 1.807) is 19.2 Å². The van der Waals surface area contributed by atoms with Gasteiger partial charge in [0.15, 0.2) is 0 Å². The summed E-state index contributed by atoms with van der Waals surface area (Å²) in [6.07, 6.45) is -2.52. The van der Waals surface area contributed by atoms with E-state index in [2.05, 4.69) is 10.3 Å². The molecule has 1 aliphatic rings. The maximum Gasteiger partial charge on any atom is 0.416 e. The van der Waals surface area contributed by atoms with E-state index in [1.807, 2.05) is 12.1 Å². The van der Waals surface area contributed by atoms with Gasteiger partial charge < -0.3 is 15.0 Å². The van der Waals surface area contributed by atoms with Gasteiger partial charge in [-0.05, 0) is 43.7 Å². The van der Waals surface area contributed by atoms with Crippen molar-refractivity contribution in [2.45, 2.75) is 38.8 Å². The van der Waals surface area contributed by atoms with Crippen molar-refractivity contribution in [2.75, 3.05) is 19.7 Å². The van der Waals surface area contributed by atoms with Gasteiger partial charge in [0.1, 0.15) is 6.54 Å². The highest BCUT2D eigenvalue weighted by molar-refractivity contribution is 5.97. The van der Waals surface area contributed by atoms with Crippen LogP contribution in [-0.4, -0.2) is 47.4 Å². The number of nitrogens with one attached hydrogen (secondary N) is 1. The molecule has 0 radical (unpaired) electrons. The zero-order valence-electron chi connectivity index (χ0n) is 19.4. The summed E-state index contributed by atoms with van der Waals surface area (Å²) in [6, 6.07) is 9.81. The third kappa shape index (κ3) is 6.46. The van der Waals surface area contributed by atoms with Gasteiger partial charge in [0.2, 0.25) is 11.8 Å². The van der Waals surface area contributed by atoms with Crippen LogP contribution < -0.4 is 5.32 Å². The minimum absolute atomic E-state index is 0.0807. The summed E-state index contributed by atoms with van der Waals surface area (Å²) < 4.78 is 44.1. The monoisotopic (exact) mass is 489 g/mol. The quantitative estimate of drug-likeness (QED) is 0.573. The highest BCUT2D eigenvalue weighted by Crippen LogP contribution is 2.38. The molecule has 0 bridgehead atoms. The van der Waals surface area contributed by atoms with Crippen molar-refractivity contribution in [3.63, 3.8) is 0 Å². The second kappa shape index (κ2) is 11.2. The lowest BCUT2D eigenvalue weighted by molar-refractivity contribution is -0.141. The van der Waals surface area contributed by atoms with E-state index in [1.165, 1.54) is 24.0 Å². The van der Waals surface area contributed by atoms with Crippen LogP contribution in [0, 0.1) is 0 Å². The number of halogens is 3. The minimum atomic E-state index is -4.50. The summed E-state index contributed by atoms with van der Waals surface area (Å²) >= 11 is 0. The van der Waals surface area contributed by atoms with Crippen molar-refractivity contribution < 1.29 is 32.3 Å². The lowest BCUT2D eigenvalue weighted by atomic mass is 9.83. The lowest BCUT2D eigenvalue weighted by Gasteiger charge is -2.34. The molecular weight excluding hydrogens is 463 g/mol. The number of ether oxygens (including phenoxy) is 1. The summed E-state index contributed by atoms with van der Waals surface area (Å²) in [4.78, 5) is 43.6. The van der Waals surface area contributed by atoms with E-state index in [-0.39, 0.29) is 30.8 Å². The summed E-state index contributed by atoms with van der Waals surface area (Å²) in [5.41, 5.74) is 0.748. The molecule has 1 N–H and O–H groups in total. The second-order valence-electron chi connectivity index (χ2n) is 8.00. The molecule has 0 fully saturated rings. The van der Waals surface area contributed by atoms with Crippen molar-refractivity contribution in [1.82, 2.24) is 15.2 Å². The van der Waals surface area contributed by atoms with Gasteiger partial charge in [-0.1, -0.05) is 18.2 Å². The number of allylic oxidation sites excluding steroid dienone is 1. The first-order valence-electron chi connectivity index (χ1n) is 11.1. The average Bonchev–Trinajstić information content (AvgIpc) is 2.81. The van der Waals surface area contributed by atoms with Crippen LogP contribution in [0.2, 0.25) is 0 Å². The highest BCUT2D eigenvalue weighted by atomic mass is 19.4. The van der Waals surface area contributed by atoms with Gasteiger partial charge in [-0.15, -0.1) is 0 Å². The molecule has 0 saturated carbocycles. The molecule has 7 nitrogen and oxygen atoms in total. The SMILES string of the molecule is CCOC(=O)C1=C(C)N(CC(=O)NCCc2ccccn2)C(=O)CC1c1ccc(C(F)(F)F)cc1. The second-order valence-corrected chi connectivity index (χ2v) is 8.00. The molecule has 3 rings (SSSR count). The molecule has 35 heavy (non-hydrogen) atoms. The van der Waals surface area contributed by atoms with Crippen LogP contribution in [0.15, 0.2) is 59.9 Å². The number of esters is 1. The topological polar surface area (TPSA) is 88.6 Å². The van der Waals surface area contributed by atoms with Gasteiger partial charge in [-0.2, -0.15) is 13.2 Å². The van der Waals surface area contributed by atoms with Gasteiger partial charge in [-0.3, -0.25) is 14.6 Å². The Hall–Kier alpha value is -3.69. The molecule has 1 atom stereocenters. The van der Waals surface area contributed by atoms with Crippen LogP contribution in [0.25, 0.3) is 0 Å². The zero-order chi connectivity index (χ0) is 25.6. The molecule has 0 saturated heterocycles. The molecule has 1 aromatic heterocycles. The molecule has 1 unspecified atom stereocenters. The maximum atomic E-state index is 13.0. The number of alkyl halides is 3. The van der Waals surface area contributed by atoms with Crippen molar-refractivity contribution in [1.29, 1.82) is 0 Å². The van der Waals surface area contributed by atoms with E-state index in [4.69, 9.17) is 4.74 Å². The Morgan fingerprint density at radius 3 is 2.49 bits per heavy atom. The van der Waals surface area contributed by atoms with Crippen LogP contribution in [0.3, 0.4) is 0 Å². The number of benzene rings is 1. The standard InChI is InChI=1S/C25H26F3N3O4/c1-3-35-24(34)23-16(2)31(15-21(32)30-13-11-19-6-4-5-12-29-19)22(33)14-20(23)17-7-9-18(10-8-17)25(26,27)28/h4-10,12,20H,3,11,13-15H2,1-2H3,(H,30,32). The number of carbonyl (C=O) groups excluding carboxylic acids is 3. The highest BCUT2D eigenvalue weighted by Gasteiger charge is 2.38. The smallest absolute Gasteiger partial charge is 0.416 e. The molecule has 2 heterocycles. The third-order valence-corrected chi connectivity index (χ3v) is 5.69. The number of amides is 2. The van der Waals surface area contributed by atoms with Crippen LogP contribution in [0.1, 0.15) is 43.0 Å². The molecule has 2 aromatic rings. The molecular formula is C25H26F3N3O4. The number of hydrogen-bond acceptors (Lipinski definition) is 5. The third-order valence-electron chi connectivity index (χ3n) is 5.69. The van der Waals surface area contributed by atoms with Gasteiger partial charge in [0.25, 0.3) is 0 Å². The number of nitrogens with zero attached hydrogens (tertiary/aromatic N) is 2. The molecule has 0 spiro atoms. The maximum absolute atomic E-state index is 13.0. The fourth-order valence-corrected chi connectivity index (χ4v) is 3.94. The first-order valence-corrected chi connectivity index (χ1v) is 11.1. The van der Waals surface area contributed by atoms with E-state index in [0.29, 0.717) is 18.5 Å². The predicted molar refractivity (Wildman–Crippen MR) is 121 cm³/mol. The Kier molecular flexibility index (Phi) is 8.26. The summed E-state index contributed by atoms with van der Waals surface area (Å²) in [6.45, 7) is 3.26. The van der Waals surface area contributed by atoms with Gasteiger partial charge in [0.05, 0.1) is 17.7 Å². The Morgan fingerprint density at radius 1 is 1.17 bits per heavy atom. The minimum Gasteiger partial charge on any atom is -0.463 e. The molecule has 1 aromatic carbocycles. The van der Waals surface area contributed by atoms with Crippen molar-refractivity contribution in [3.05, 3.63) is 76.8 Å². The fraction of sp³-hybridized carbons (Fsp3) is 0.360. The molecule has 0 aliphatic carbocycles. The Balaban J connectivity index is 1.79. The molecule has 10 heteroatoms. The largest absolute Gasteiger partial charge is 0.463 e. The zero-order valence-corrected chi connectivity index (χ0v) is 19.4. The number of carbonyl (C=O) groups is 3. The van der Waals surface area contributed by atoms with Crippen LogP contribution in [0.5, 0.6) is 0 Å². The van der Waals surface area contributed by atoms with E-state index >= 15 is 0 Å². The normalized spacial score (nSPS) is 16.3. The van der Waals surface area contributed by atoms with Crippen molar-refractivity contribution in [3.8, 4) is 0 Å². The van der Waals surface area contributed by atoms with Crippen LogP contribution >= 0.6 is 0 Å². The van der Waals surface area contributed by atoms with Gasteiger partial charge >= 0.3 is 12.1 Å². The Labute approximate surface area is 201 Å². The van der Waals surface area contributed by atoms with Gasteiger partial charge in [0, 0.05) is 42.9 Å². The number of hydrogen-bond donors (Lipinski definition) is 1. The first kappa shape index (κ1) is 25.9. The average molecular weight is 489 g/mol. The summed E-state index contributed by atoms with van der Waals surface area (Å²) in [7, 11) is 0. The number of aromatic nitrogens is 1. The molecule has 2 amide bonds. The fourth-order valence-electron chi connectivity index (χ4n) is 3.94. The Morgan fingerprint density at radius 2 is 1.89 bits per heavy atom. The van der Waals surface area contributed by atoms with E-state index in [0.717, 1.165) is 17.8 Å². The molecule has 186 valence electrons.